The third-order valence-corrected chi connectivity index (χ3v) is 5.19. The molecule has 0 heterocycles. The summed E-state index contributed by atoms with van der Waals surface area (Å²) in [6.07, 6.45) is 3.25. The van der Waals surface area contributed by atoms with Crippen LogP contribution in [0.3, 0.4) is 0 Å². The smallest absolute Gasteiger partial charge is 0.344 e. The molecule has 5 nitrogen and oxygen atoms in total. The second-order valence-electron chi connectivity index (χ2n) is 6.47. The molecule has 1 N–H and O–H groups in total. The molecule has 0 aliphatic heterocycles. The highest BCUT2D eigenvalue weighted by molar-refractivity contribution is 6.35. The number of hydrogen-bond donors (Lipinski definition) is 1. The average Bonchev–Trinajstić information content (AvgIpc) is 2.56. The number of ether oxygens (including phenoxy) is 2. The van der Waals surface area contributed by atoms with E-state index in [9.17, 15) is 9.59 Å². The van der Waals surface area contributed by atoms with E-state index in [-0.39, 0.29) is 25.2 Å². The molecular formula is C18H23Cl2NO4. The fourth-order valence-corrected chi connectivity index (χ4v) is 3.41. The van der Waals surface area contributed by atoms with Crippen LogP contribution in [0, 0.1) is 11.8 Å². The molecule has 3 atom stereocenters. The molecule has 0 saturated heterocycles. The summed E-state index contributed by atoms with van der Waals surface area (Å²) in [5, 5.41) is 3.73. The molecule has 1 aromatic carbocycles. The van der Waals surface area contributed by atoms with Crippen molar-refractivity contribution in [3.05, 3.63) is 28.2 Å². The number of amides is 1. The van der Waals surface area contributed by atoms with Gasteiger partial charge in [-0.05, 0) is 36.5 Å². The van der Waals surface area contributed by atoms with Crippen LogP contribution in [0.15, 0.2) is 18.2 Å². The van der Waals surface area contributed by atoms with Gasteiger partial charge in [-0.25, -0.2) is 4.79 Å². The van der Waals surface area contributed by atoms with Crippen molar-refractivity contribution in [2.75, 3.05) is 13.2 Å². The van der Waals surface area contributed by atoms with E-state index >= 15 is 0 Å². The van der Waals surface area contributed by atoms with Crippen molar-refractivity contribution in [3.8, 4) is 5.75 Å². The summed E-state index contributed by atoms with van der Waals surface area (Å²) in [6.45, 7) is 3.70. The average molecular weight is 388 g/mol. The first-order valence-electron chi connectivity index (χ1n) is 8.39. The summed E-state index contributed by atoms with van der Waals surface area (Å²) < 4.78 is 10.2. The zero-order valence-electron chi connectivity index (χ0n) is 14.4. The van der Waals surface area contributed by atoms with Crippen molar-refractivity contribution < 1.29 is 19.1 Å². The van der Waals surface area contributed by atoms with E-state index in [1.807, 2.05) is 0 Å². The van der Waals surface area contributed by atoms with Crippen LogP contribution in [-0.4, -0.2) is 31.1 Å². The van der Waals surface area contributed by atoms with E-state index in [4.69, 9.17) is 32.7 Å². The summed E-state index contributed by atoms with van der Waals surface area (Å²) in [6, 6.07) is 4.83. The number of hydrogen-bond acceptors (Lipinski definition) is 4. The van der Waals surface area contributed by atoms with Crippen LogP contribution in [-0.2, 0) is 14.3 Å². The Kier molecular flexibility index (Phi) is 7.38. The molecule has 0 bridgehead atoms. The third kappa shape index (κ3) is 6.08. The molecule has 1 aromatic rings. The monoisotopic (exact) mass is 387 g/mol. The minimum absolute atomic E-state index is 0.138. The summed E-state index contributed by atoms with van der Waals surface area (Å²) in [5.74, 6) is 0.412. The summed E-state index contributed by atoms with van der Waals surface area (Å²) >= 11 is 11.7. The van der Waals surface area contributed by atoms with Gasteiger partial charge in [0.1, 0.15) is 5.75 Å². The van der Waals surface area contributed by atoms with Crippen molar-refractivity contribution in [1.82, 2.24) is 5.32 Å². The molecule has 1 aliphatic rings. The Morgan fingerprint density at radius 3 is 2.68 bits per heavy atom. The van der Waals surface area contributed by atoms with Gasteiger partial charge in [0, 0.05) is 11.1 Å². The zero-order chi connectivity index (χ0) is 18.4. The predicted octanol–water partition coefficient (Wildman–Crippen LogP) is 3.86. The second kappa shape index (κ2) is 9.30. The van der Waals surface area contributed by atoms with Crippen molar-refractivity contribution in [1.29, 1.82) is 0 Å². The van der Waals surface area contributed by atoms with E-state index in [0.29, 0.717) is 27.6 Å². The number of nitrogens with one attached hydrogen (secondary N) is 1. The topological polar surface area (TPSA) is 64.6 Å². The fourth-order valence-electron chi connectivity index (χ4n) is 2.95. The Labute approximate surface area is 158 Å². The van der Waals surface area contributed by atoms with Crippen LogP contribution in [0.4, 0.5) is 0 Å². The lowest BCUT2D eigenvalue weighted by atomic mass is 9.78. The van der Waals surface area contributed by atoms with Gasteiger partial charge in [0.15, 0.2) is 13.2 Å². The van der Waals surface area contributed by atoms with Crippen molar-refractivity contribution in [3.63, 3.8) is 0 Å². The second-order valence-corrected chi connectivity index (χ2v) is 7.31. The molecule has 0 spiro atoms. The number of carbonyl (C=O) groups is 2. The molecule has 0 aromatic heterocycles. The molecule has 138 valence electrons. The maximum absolute atomic E-state index is 12.0. The molecule has 3 unspecified atom stereocenters. The number of carbonyl (C=O) groups excluding carboxylic acids is 2. The van der Waals surface area contributed by atoms with Crippen LogP contribution in [0.1, 0.15) is 33.1 Å². The van der Waals surface area contributed by atoms with Crippen LogP contribution in [0.5, 0.6) is 5.75 Å². The molecular weight excluding hydrogens is 365 g/mol. The SMILES string of the molecule is CC1CCCC(NC(=O)COC(=O)COc2ccc(Cl)cc2Cl)C1C. The first kappa shape index (κ1) is 19.9. The molecule has 7 heteroatoms. The van der Waals surface area contributed by atoms with Crippen LogP contribution in [0.2, 0.25) is 10.0 Å². The van der Waals surface area contributed by atoms with Gasteiger partial charge in [-0.3, -0.25) is 4.79 Å². The van der Waals surface area contributed by atoms with Gasteiger partial charge >= 0.3 is 5.97 Å². The minimum Gasteiger partial charge on any atom is -0.480 e. The molecule has 1 aliphatic carbocycles. The van der Waals surface area contributed by atoms with Crippen LogP contribution in [0.25, 0.3) is 0 Å². The van der Waals surface area contributed by atoms with Gasteiger partial charge in [-0.15, -0.1) is 0 Å². The third-order valence-electron chi connectivity index (χ3n) is 4.66. The van der Waals surface area contributed by atoms with Gasteiger partial charge in [0.25, 0.3) is 5.91 Å². The highest BCUT2D eigenvalue weighted by atomic mass is 35.5. The maximum Gasteiger partial charge on any atom is 0.344 e. The van der Waals surface area contributed by atoms with E-state index in [2.05, 4.69) is 19.2 Å². The number of rotatable bonds is 6. The van der Waals surface area contributed by atoms with Gasteiger partial charge in [-0.1, -0.05) is 49.9 Å². The zero-order valence-corrected chi connectivity index (χ0v) is 15.9. The first-order valence-corrected chi connectivity index (χ1v) is 9.15. The molecule has 2 rings (SSSR count). The van der Waals surface area contributed by atoms with E-state index in [0.717, 1.165) is 12.8 Å². The van der Waals surface area contributed by atoms with Crippen LogP contribution >= 0.6 is 23.2 Å². The fraction of sp³-hybridized carbons (Fsp3) is 0.556. The Morgan fingerprint density at radius 1 is 1.20 bits per heavy atom. The molecule has 1 saturated carbocycles. The van der Waals surface area contributed by atoms with E-state index in [1.54, 1.807) is 12.1 Å². The van der Waals surface area contributed by atoms with E-state index in [1.165, 1.54) is 12.5 Å². The highest BCUT2D eigenvalue weighted by Gasteiger charge is 2.28. The number of halogens is 2. The van der Waals surface area contributed by atoms with E-state index < -0.39 is 5.97 Å². The van der Waals surface area contributed by atoms with Crippen molar-refractivity contribution in [2.24, 2.45) is 11.8 Å². The summed E-state index contributed by atoms with van der Waals surface area (Å²) in [4.78, 5) is 23.7. The normalized spacial score (nSPS) is 23.0. The van der Waals surface area contributed by atoms with Crippen molar-refractivity contribution >= 4 is 35.1 Å². The number of benzene rings is 1. The van der Waals surface area contributed by atoms with Crippen LogP contribution < -0.4 is 10.1 Å². The van der Waals surface area contributed by atoms with Crippen molar-refractivity contribution in [2.45, 2.75) is 39.2 Å². The highest BCUT2D eigenvalue weighted by Crippen LogP contribution is 2.29. The Bertz CT molecular complexity index is 623. The van der Waals surface area contributed by atoms with Gasteiger partial charge in [-0.2, -0.15) is 0 Å². The minimum atomic E-state index is -0.633. The number of esters is 1. The lowest BCUT2D eigenvalue weighted by Crippen LogP contribution is -2.45. The predicted molar refractivity (Wildman–Crippen MR) is 97.0 cm³/mol. The standard InChI is InChI=1S/C18H23Cl2NO4/c1-11-4-3-5-15(12(11)2)21-17(22)9-25-18(23)10-24-16-7-6-13(19)8-14(16)20/h6-8,11-12,15H,3-5,9-10H2,1-2H3,(H,21,22). The largest absolute Gasteiger partial charge is 0.480 e. The lowest BCUT2D eigenvalue weighted by molar-refractivity contribution is -0.150. The van der Waals surface area contributed by atoms with Gasteiger partial charge in [0.05, 0.1) is 5.02 Å². The molecule has 1 amide bonds. The van der Waals surface area contributed by atoms with Gasteiger partial charge < -0.3 is 14.8 Å². The first-order chi connectivity index (χ1) is 11.9. The lowest BCUT2D eigenvalue weighted by Gasteiger charge is -2.34. The summed E-state index contributed by atoms with van der Waals surface area (Å²) in [7, 11) is 0. The molecule has 0 radical (unpaired) electrons. The molecule has 25 heavy (non-hydrogen) atoms. The quantitative estimate of drug-likeness (QED) is 0.752. The molecule has 1 fully saturated rings. The maximum atomic E-state index is 12.0. The van der Waals surface area contributed by atoms with Gasteiger partial charge in [0.2, 0.25) is 0 Å². The Hall–Kier alpha value is -1.46. The Morgan fingerprint density at radius 2 is 1.96 bits per heavy atom. The Balaban J connectivity index is 1.71. The summed E-state index contributed by atoms with van der Waals surface area (Å²) in [5.41, 5.74) is 0.